The van der Waals surface area contributed by atoms with E-state index in [0.717, 1.165) is 19.4 Å². The Hall–Kier alpha value is -1.90. The topological polar surface area (TPSA) is 91.5 Å². The lowest BCUT2D eigenvalue weighted by molar-refractivity contribution is -0.124. The summed E-state index contributed by atoms with van der Waals surface area (Å²) in [6.45, 7) is 1.38. The first kappa shape index (κ1) is 19.4. The van der Waals surface area contributed by atoms with Gasteiger partial charge in [0, 0.05) is 26.0 Å². The van der Waals surface area contributed by atoms with E-state index in [1.807, 2.05) is 0 Å². The van der Waals surface area contributed by atoms with Gasteiger partial charge in [0.2, 0.25) is 11.8 Å². The average molecular weight is 385 g/mol. The first-order valence-corrected chi connectivity index (χ1v) is 8.82. The van der Waals surface area contributed by atoms with Gasteiger partial charge in [-0.05, 0) is 37.2 Å². The lowest BCUT2D eigenvalue weighted by atomic mass is 10.2. The molecule has 0 aliphatic carbocycles. The van der Waals surface area contributed by atoms with Gasteiger partial charge in [-0.25, -0.2) is 0 Å². The molecule has 0 radical (unpaired) electrons. The second kappa shape index (κ2) is 10.2. The zero-order valence-electron chi connectivity index (χ0n) is 13.6. The number of para-hydroxylation sites is 1. The van der Waals surface area contributed by atoms with Crippen LogP contribution in [0.1, 0.15) is 25.7 Å². The van der Waals surface area contributed by atoms with E-state index in [1.165, 1.54) is 0 Å². The SMILES string of the molecule is O=C(CCC(=O)Nc1ccccc1Cl)NNC(=S)NC[C@H]1CCCO1. The monoisotopic (exact) mass is 384 g/mol. The summed E-state index contributed by atoms with van der Waals surface area (Å²) in [5.41, 5.74) is 5.57. The molecule has 1 fully saturated rings. The summed E-state index contributed by atoms with van der Waals surface area (Å²) in [7, 11) is 0. The fourth-order valence-electron chi connectivity index (χ4n) is 2.25. The summed E-state index contributed by atoms with van der Waals surface area (Å²) >= 11 is 11.0. The predicted octanol–water partition coefficient (Wildman–Crippen LogP) is 1.73. The fourth-order valence-corrected chi connectivity index (χ4v) is 2.56. The molecule has 1 heterocycles. The van der Waals surface area contributed by atoms with Crippen molar-refractivity contribution in [2.75, 3.05) is 18.5 Å². The molecule has 0 saturated carbocycles. The summed E-state index contributed by atoms with van der Waals surface area (Å²) in [6, 6.07) is 6.91. The van der Waals surface area contributed by atoms with E-state index in [0.29, 0.717) is 22.4 Å². The highest BCUT2D eigenvalue weighted by Crippen LogP contribution is 2.20. The highest BCUT2D eigenvalue weighted by atomic mass is 35.5. The number of nitrogens with one attached hydrogen (secondary N) is 4. The van der Waals surface area contributed by atoms with Crippen molar-refractivity contribution in [1.29, 1.82) is 0 Å². The average Bonchev–Trinajstić information content (AvgIpc) is 3.12. The van der Waals surface area contributed by atoms with E-state index < -0.39 is 0 Å². The summed E-state index contributed by atoms with van der Waals surface area (Å²) in [4.78, 5) is 23.6. The molecule has 0 spiro atoms. The van der Waals surface area contributed by atoms with Crippen LogP contribution >= 0.6 is 23.8 Å². The van der Waals surface area contributed by atoms with Crippen LogP contribution in [0, 0.1) is 0 Å². The second-order valence-electron chi connectivity index (χ2n) is 5.55. The maximum atomic E-state index is 11.8. The normalized spacial score (nSPS) is 16.1. The first-order valence-electron chi connectivity index (χ1n) is 8.03. The van der Waals surface area contributed by atoms with E-state index >= 15 is 0 Å². The molecule has 1 saturated heterocycles. The smallest absolute Gasteiger partial charge is 0.238 e. The number of carbonyl (C=O) groups excluding carboxylic acids is 2. The molecule has 9 heteroatoms. The van der Waals surface area contributed by atoms with Crippen LogP contribution in [0.3, 0.4) is 0 Å². The van der Waals surface area contributed by atoms with Gasteiger partial charge in [-0.1, -0.05) is 23.7 Å². The van der Waals surface area contributed by atoms with Crippen LogP contribution in [-0.2, 0) is 14.3 Å². The Labute approximate surface area is 156 Å². The number of rotatable bonds is 6. The van der Waals surface area contributed by atoms with Crippen LogP contribution in [-0.4, -0.2) is 36.2 Å². The number of hydrogen-bond acceptors (Lipinski definition) is 4. The number of benzene rings is 1. The molecular weight excluding hydrogens is 364 g/mol. The Morgan fingerprint density at radius 2 is 1.96 bits per heavy atom. The number of hydrogen-bond donors (Lipinski definition) is 4. The number of thiocarbonyl (C=S) groups is 1. The zero-order chi connectivity index (χ0) is 18.1. The van der Waals surface area contributed by atoms with Crippen molar-refractivity contribution < 1.29 is 14.3 Å². The lowest BCUT2D eigenvalue weighted by Gasteiger charge is -2.14. The quantitative estimate of drug-likeness (QED) is 0.441. The van der Waals surface area contributed by atoms with Crippen molar-refractivity contribution in [3.63, 3.8) is 0 Å². The van der Waals surface area contributed by atoms with Gasteiger partial charge in [-0.3, -0.25) is 20.4 Å². The van der Waals surface area contributed by atoms with Gasteiger partial charge in [0.05, 0.1) is 16.8 Å². The first-order chi connectivity index (χ1) is 12.0. The van der Waals surface area contributed by atoms with Gasteiger partial charge in [0.25, 0.3) is 0 Å². The molecule has 0 bridgehead atoms. The molecule has 7 nitrogen and oxygen atoms in total. The molecule has 136 valence electrons. The Morgan fingerprint density at radius 1 is 1.20 bits per heavy atom. The minimum absolute atomic E-state index is 0.0254. The molecule has 2 rings (SSSR count). The highest BCUT2D eigenvalue weighted by molar-refractivity contribution is 7.80. The largest absolute Gasteiger partial charge is 0.376 e. The molecule has 25 heavy (non-hydrogen) atoms. The number of anilines is 1. The molecule has 1 atom stereocenters. The minimum atomic E-state index is -0.337. The Bertz CT molecular complexity index is 623. The molecule has 1 aliphatic heterocycles. The van der Waals surface area contributed by atoms with Crippen LogP contribution in [0.25, 0.3) is 0 Å². The van der Waals surface area contributed by atoms with Crippen LogP contribution < -0.4 is 21.5 Å². The van der Waals surface area contributed by atoms with Crippen molar-refractivity contribution in [2.24, 2.45) is 0 Å². The van der Waals surface area contributed by atoms with Gasteiger partial charge < -0.3 is 15.4 Å². The molecule has 1 aliphatic rings. The van der Waals surface area contributed by atoms with Crippen LogP contribution in [0.4, 0.5) is 5.69 Å². The standard InChI is InChI=1S/C16H21ClN4O3S/c17-12-5-1-2-6-13(12)19-14(22)7-8-15(23)20-21-16(25)18-10-11-4-3-9-24-11/h1-2,5-6,11H,3-4,7-10H2,(H,19,22)(H,20,23)(H2,18,21,25)/t11-/m1/s1. The third-order valence-corrected chi connectivity index (χ3v) is 4.13. The minimum Gasteiger partial charge on any atom is -0.376 e. The predicted molar refractivity (Wildman–Crippen MR) is 100 cm³/mol. The fraction of sp³-hybridized carbons (Fsp3) is 0.438. The van der Waals surface area contributed by atoms with Crippen molar-refractivity contribution >= 4 is 46.4 Å². The van der Waals surface area contributed by atoms with E-state index in [1.54, 1.807) is 24.3 Å². The third kappa shape index (κ3) is 7.25. The van der Waals surface area contributed by atoms with Crippen molar-refractivity contribution in [1.82, 2.24) is 16.2 Å². The number of halogens is 1. The van der Waals surface area contributed by atoms with E-state index in [9.17, 15) is 9.59 Å². The number of hydrazine groups is 1. The Balaban J connectivity index is 1.59. The number of amides is 2. The number of ether oxygens (including phenoxy) is 1. The third-order valence-electron chi connectivity index (χ3n) is 3.56. The maximum Gasteiger partial charge on any atom is 0.238 e. The van der Waals surface area contributed by atoms with Crippen LogP contribution in [0.15, 0.2) is 24.3 Å². The molecular formula is C16H21ClN4O3S. The molecule has 0 unspecified atom stereocenters. The van der Waals surface area contributed by atoms with Gasteiger partial charge >= 0.3 is 0 Å². The van der Waals surface area contributed by atoms with Gasteiger partial charge in [0.15, 0.2) is 5.11 Å². The van der Waals surface area contributed by atoms with E-state index in [2.05, 4.69) is 21.5 Å². The lowest BCUT2D eigenvalue weighted by Crippen LogP contribution is -2.48. The molecule has 1 aromatic rings. The zero-order valence-corrected chi connectivity index (χ0v) is 15.2. The van der Waals surface area contributed by atoms with Crippen molar-refractivity contribution in [2.45, 2.75) is 31.8 Å². The van der Waals surface area contributed by atoms with Gasteiger partial charge in [-0.15, -0.1) is 0 Å². The van der Waals surface area contributed by atoms with E-state index in [-0.39, 0.29) is 30.8 Å². The summed E-state index contributed by atoms with van der Waals surface area (Å²) in [5.74, 6) is -0.627. The molecule has 2 amide bonds. The summed E-state index contributed by atoms with van der Waals surface area (Å²) in [5, 5.41) is 6.39. The Kier molecular flexibility index (Phi) is 7.90. The highest BCUT2D eigenvalue weighted by Gasteiger charge is 2.15. The Morgan fingerprint density at radius 3 is 2.68 bits per heavy atom. The second-order valence-corrected chi connectivity index (χ2v) is 6.36. The number of carbonyl (C=O) groups is 2. The molecule has 4 N–H and O–H groups in total. The summed E-state index contributed by atoms with van der Waals surface area (Å²) < 4.78 is 5.46. The summed E-state index contributed by atoms with van der Waals surface area (Å²) in [6.07, 6.45) is 2.28. The van der Waals surface area contributed by atoms with Crippen LogP contribution in [0.5, 0.6) is 0 Å². The van der Waals surface area contributed by atoms with Crippen molar-refractivity contribution in [3.05, 3.63) is 29.3 Å². The van der Waals surface area contributed by atoms with Gasteiger partial charge in [0.1, 0.15) is 0 Å². The van der Waals surface area contributed by atoms with Crippen molar-refractivity contribution in [3.8, 4) is 0 Å². The molecule has 0 aromatic heterocycles. The van der Waals surface area contributed by atoms with E-state index in [4.69, 9.17) is 28.6 Å². The van der Waals surface area contributed by atoms with Gasteiger partial charge in [-0.2, -0.15) is 0 Å². The van der Waals surface area contributed by atoms with Crippen LogP contribution in [0.2, 0.25) is 5.02 Å². The molecule has 1 aromatic carbocycles. The maximum absolute atomic E-state index is 11.8.